The number of nitrogens with zero attached hydrogens (tertiary/aromatic N) is 1. The number of aliphatic hydroxyl groups is 2. The number of rotatable bonds is 12. The van der Waals surface area contributed by atoms with Gasteiger partial charge in [0.2, 0.25) is 0 Å². The summed E-state index contributed by atoms with van der Waals surface area (Å²) in [5, 5.41) is 25.4. The number of hydrogen-bond acceptors (Lipinski definition) is 8. The summed E-state index contributed by atoms with van der Waals surface area (Å²) in [6.45, 7) is 4.54. The first kappa shape index (κ1) is 36.2. The van der Waals surface area contributed by atoms with Gasteiger partial charge in [0.15, 0.2) is 6.29 Å². The van der Waals surface area contributed by atoms with Crippen LogP contribution >= 0.6 is 0 Å². The van der Waals surface area contributed by atoms with Crippen LogP contribution in [0.4, 0.5) is 4.79 Å². The lowest BCUT2D eigenvalue weighted by Gasteiger charge is -2.42. The van der Waals surface area contributed by atoms with Crippen LogP contribution in [0.15, 0.2) is 103 Å². The van der Waals surface area contributed by atoms with E-state index < -0.39 is 24.3 Å². The van der Waals surface area contributed by atoms with Gasteiger partial charge >= 0.3 is 12.0 Å². The number of hydrogen-bond donors (Lipinski definition) is 4. The van der Waals surface area contributed by atoms with Crippen LogP contribution < -0.4 is 10.6 Å². The SMILES string of the molecule is COC(=O)[C@H](Cc1ccccc1)NC(=O)NCc1cccc(-c2cccc([C@H]3O[C@@H](CN4CC[C@H](O)C4)[C@@H](C)[C@@H](c4ccc(CO)cc4)O3)c2)c1. The molecule has 0 saturated carbocycles. The first-order valence-electron chi connectivity index (χ1n) is 17.6. The number of nitrogens with one attached hydrogen (secondary N) is 2. The fourth-order valence-electron chi connectivity index (χ4n) is 6.86. The Hall–Kier alpha value is -4.58. The zero-order chi connectivity index (χ0) is 35.7. The lowest BCUT2D eigenvalue weighted by molar-refractivity contribution is -0.276. The molecule has 2 heterocycles. The molecular weight excluding hydrogens is 646 g/mol. The van der Waals surface area contributed by atoms with E-state index >= 15 is 0 Å². The Morgan fingerprint density at radius 1 is 0.882 bits per heavy atom. The molecule has 2 amide bonds. The first-order valence-corrected chi connectivity index (χ1v) is 17.6. The molecule has 2 aliphatic rings. The predicted octanol–water partition coefficient (Wildman–Crippen LogP) is 5.29. The van der Waals surface area contributed by atoms with E-state index in [1.54, 1.807) is 0 Å². The number of aliphatic hydroxyl groups excluding tert-OH is 2. The minimum Gasteiger partial charge on any atom is -0.467 e. The van der Waals surface area contributed by atoms with Crippen molar-refractivity contribution in [2.45, 2.75) is 63.6 Å². The lowest BCUT2D eigenvalue weighted by Crippen LogP contribution is -2.47. The zero-order valence-electron chi connectivity index (χ0n) is 29.1. The molecule has 51 heavy (non-hydrogen) atoms. The van der Waals surface area contributed by atoms with E-state index in [0.29, 0.717) is 19.5 Å². The minimum absolute atomic E-state index is 0.0190. The second-order valence-corrected chi connectivity index (χ2v) is 13.4. The number of carbonyl (C=O) groups excluding carboxylic acids is 2. The first-order chi connectivity index (χ1) is 24.8. The van der Waals surface area contributed by atoms with Crippen molar-refractivity contribution in [2.75, 3.05) is 26.7 Å². The Labute approximate surface area is 299 Å². The summed E-state index contributed by atoms with van der Waals surface area (Å²) in [7, 11) is 1.31. The minimum atomic E-state index is -0.820. The molecule has 2 fully saturated rings. The van der Waals surface area contributed by atoms with Gasteiger partial charge in [-0.1, -0.05) is 97.9 Å². The van der Waals surface area contributed by atoms with Gasteiger partial charge < -0.3 is 35.1 Å². The summed E-state index contributed by atoms with van der Waals surface area (Å²) in [4.78, 5) is 27.5. The number of benzene rings is 4. The second kappa shape index (κ2) is 17.1. The van der Waals surface area contributed by atoms with E-state index in [2.05, 4.69) is 28.5 Å². The molecule has 0 unspecified atom stereocenters. The van der Waals surface area contributed by atoms with E-state index in [9.17, 15) is 19.8 Å². The van der Waals surface area contributed by atoms with Crippen molar-refractivity contribution in [3.63, 3.8) is 0 Å². The molecule has 0 bridgehead atoms. The number of urea groups is 1. The number of likely N-dealkylation sites (tertiary alicyclic amines) is 1. The highest BCUT2D eigenvalue weighted by Crippen LogP contribution is 2.42. The number of ether oxygens (including phenoxy) is 3. The number of methoxy groups -OCH3 is 1. The van der Waals surface area contributed by atoms with Gasteiger partial charge in [-0.15, -0.1) is 0 Å². The summed E-state index contributed by atoms with van der Waals surface area (Å²) < 4.78 is 18.3. The molecule has 0 aromatic heterocycles. The fraction of sp³-hybridized carbons (Fsp3) is 0.366. The average molecular weight is 694 g/mol. The fourth-order valence-corrected chi connectivity index (χ4v) is 6.86. The molecule has 0 radical (unpaired) electrons. The van der Waals surface area contributed by atoms with Gasteiger partial charge in [0.05, 0.1) is 32.0 Å². The van der Waals surface area contributed by atoms with Crippen molar-refractivity contribution >= 4 is 12.0 Å². The molecule has 4 N–H and O–H groups in total. The molecule has 10 heteroatoms. The maximum atomic E-state index is 12.9. The molecule has 6 rings (SSSR count). The third-order valence-corrected chi connectivity index (χ3v) is 9.75. The van der Waals surface area contributed by atoms with E-state index in [4.69, 9.17) is 14.2 Å². The summed E-state index contributed by atoms with van der Waals surface area (Å²) in [5.74, 6) is -0.465. The molecule has 2 aliphatic heterocycles. The van der Waals surface area contributed by atoms with E-state index in [1.165, 1.54) is 7.11 Å². The summed E-state index contributed by atoms with van der Waals surface area (Å²) >= 11 is 0. The topological polar surface area (TPSA) is 130 Å². The Morgan fingerprint density at radius 3 is 2.31 bits per heavy atom. The third kappa shape index (κ3) is 9.40. The monoisotopic (exact) mass is 693 g/mol. The van der Waals surface area contributed by atoms with Gasteiger partial charge in [-0.3, -0.25) is 4.90 Å². The van der Waals surface area contributed by atoms with Gasteiger partial charge in [-0.05, 0) is 51.9 Å². The van der Waals surface area contributed by atoms with E-state index in [-0.39, 0.29) is 37.4 Å². The van der Waals surface area contributed by atoms with Crippen molar-refractivity contribution < 1.29 is 34.0 Å². The van der Waals surface area contributed by atoms with Crippen LogP contribution in [0, 0.1) is 5.92 Å². The van der Waals surface area contributed by atoms with Crippen LogP contribution in [0.5, 0.6) is 0 Å². The highest BCUT2D eigenvalue weighted by atomic mass is 16.7. The molecular formula is C41H47N3O7. The molecule has 0 spiro atoms. The predicted molar refractivity (Wildman–Crippen MR) is 193 cm³/mol. The van der Waals surface area contributed by atoms with Crippen LogP contribution in [0.25, 0.3) is 11.1 Å². The smallest absolute Gasteiger partial charge is 0.328 e. The van der Waals surface area contributed by atoms with Crippen LogP contribution in [-0.2, 0) is 38.6 Å². The Morgan fingerprint density at radius 2 is 1.61 bits per heavy atom. The van der Waals surface area contributed by atoms with Crippen LogP contribution in [0.3, 0.4) is 0 Å². The quantitative estimate of drug-likeness (QED) is 0.148. The zero-order valence-corrected chi connectivity index (χ0v) is 29.1. The molecule has 6 atom stereocenters. The van der Waals surface area contributed by atoms with Crippen LogP contribution in [0.2, 0.25) is 0 Å². The van der Waals surface area contributed by atoms with Gasteiger partial charge in [0.1, 0.15) is 6.04 Å². The van der Waals surface area contributed by atoms with E-state index in [0.717, 1.165) is 51.9 Å². The van der Waals surface area contributed by atoms with Gasteiger partial charge in [-0.25, -0.2) is 9.59 Å². The summed E-state index contributed by atoms with van der Waals surface area (Å²) in [6, 6.07) is 32.1. The number of β-amino-alcohol motifs (C(OH)–C–C–N with tert-alkyl or cyclic N) is 1. The largest absolute Gasteiger partial charge is 0.467 e. The molecule has 268 valence electrons. The normalized spacial score (nSPS) is 22.6. The highest BCUT2D eigenvalue weighted by Gasteiger charge is 2.40. The number of carbonyl (C=O) groups is 2. The molecule has 2 saturated heterocycles. The summed E-state index contributed by atoms with van der Waals surface area (Å²) in [6.07, 6.45) is -0.216. The number of esters is 1. The molecule has 10 nitrogen and oxygen atoms in total. The van der Waals surface area contributed by atoms with Crippen molar-refractivity contribution in [3.8, 4) is 11.1 Å². The average Bonchev–Trinajstić information content (AvgIpc) is 3.58. The van der Waals surface area contributed by atoms with Gasteiger partial charge in [0, 0.05) is 44.1 Å². The van der Waals surface area contributed by atoms with Crippen molar-refractivity contribution in [3.05, 3.63) is 131 Å². The Kier molecular flexibility index (Phi) is 12.1. The van der Waals surface area contributed by atoms with Crippen LogP contribution in [0.1, 0.15) is 53.6 Å². The van der Waals surface area contributed by atoms with Crippen molar-refractivity contribution in [1.29, 1.82) is 0 Å². The highest BCUT2D eigenvalue weighted by molar-refractivity contribution is 5.83. The second-order valence-electron chi connectivity index (χ2n) is 13.4. The maximum absolute atomic E-state index is 12.9. The molecule has 4 aromatic rings. The third-order valence-electron chi connectivity index (χ3n) is 9.75. The van der Waals surface area contributed by atoms with Gasteiger partial charge in [0.25, 0.3) is 0 Å². The Balaban J connectivity index is 1.15. The Bertz CT molecular complexity index is 1750. The summed E-state index contributed by atoms with van der Waals surface area (Å²) in [5.41, 5.74) is 6.50. The maximum Gasteiger partial charge on any atom is 0.328 e. The molecule has 0 aliphatic carbocycles. The lowest BCUT2D eigenvalue weighted by atomic mass is 9.90. The molecule has 4 aromatic carbocycles. The van der Waals surface area contributed by atoms with Crippen molar-refractivity contribution in [1.82, 2.24) is 15.5 Å². The van der Waals surface area contributed by atoms with Gasteiger partial charge in [-0.2, -0.15) is 0 Å². The van der Waals surface area contributed by atoms with Crippen LogP contribution in [-0.4, -0.2) is 72.1 Å². The van der Waals surface area contributed by atoms with E-state index in [1.807, 2.05) is 97.1 Å². The standard InChI is InChI=1S/C41H47N3O7/c1-27-37(25-44-19-18-35(46)24-44)50-40(51-38(27)31-16-14-29(26-45)15-17-31)34-13-7-12-33(22-34)32-11-6-10-30(20-32)23-42-41(48)43-36(39(47)49-2)21-28-8-4-3-5-9-28/h3-17,20,22,27,35-38,40,45-46H,18-19,21,23-26H2,1-2H3,(H2,42,43,48)/t27-,35+,36+,37+,38+,40+/m1/s1. The van der Waals surface area contributed by atoms with Crippen molar-refractivity contribution in [2.24, 2.45) is 5.92 Å². The number of amides is 2.